The molecule has 124 valence electrons. The summed E-state index contributed by atoms with van der Waals surface area (Å²) in [5.74, 6) is -0.182. The van der Waals surface area contributed by atoms with Crippen molar-refractivity contribution in [2.75, 3.05) is 5.32 Å². The van der Waals surface area contributed by atoms with E-state index in [2.05, 4.69) is 16.0 Å². The molecule has 1 aromatic carbocycles. The van der Waals surface area contributed by atoms with Crippen molar-refractivity contribution in [2.24, 2.45) is 0 Å². The largest absolute Gasteiger partial charge is 0.350 e. The van der Waals surface area contributed by atoms with E-state index in [-0.39, 0.29) is 24.3 Å². The van der Waals surface area contributed by atoms with E-state index in [4.69, 9.17) is 0 Å². The van der Waals surface area contributed by atoms with Crippen molar-refractivity contribution < 1.29 is 9.59 Å². The normalized spacial score (nSPS) is 27.0. The quantitative estimate of drug-likeness (QED) is 0.799. The molecule has 23 heavy (non-hydrogen) atoms. The maximum Gasteiger partial charge on any atom is 0.237 e. The zero-order valence-electron chi connectivity index (χ0n) is 13.8. The van der Waals surface area contributed by atoms with Crippen LogP contribution >= 0.6 is 0 Å². The van der Waals surface area contributed by atoms with E-state index < -0.39 is 6.04 Å². The van der Waals surface area contributed by atoms with Gasteiger partial charge >= 0.3 is 0 Å². The van der Waals surface area contributed by atoms with E-state index in [0.29, 0.717) is 6.04 Å². The number of rotatable bonds is 3. The SMILES string of the molecule is Cc1ccc(NC(=O)C[C@H]2N[C@@H]3CCCC[C@@H]3NC2=O)cc1C. The summed E-state index contributed by atoms with van der Waals surface area (Å²) >= 11 is 0. The van der Waals surface area contributed by atoms with E-state index in [0.717, 1.165) is 24.1 Å². The molecule has 0 spiro atoms. The molecule has 3 N–H and O–H groups in total. The summed E-state index contributed by atoms with van der Waals surface area (Å²) in [5.41, 5.74) is 3.12. The van der Waals surface area contributed by atoms with Crippen LogP contribution in [0.15, 0.2) is 18.2 Å². The lowest BCUT2D eigenvalue weighted by atomic mass is 9.87. The lowest BCUT2D eigenvalue weighted by Gasteiger charge is -2.40. The molecule has 1 heterocycles. The number of carbonyl (C=O) groups excluding carboxylic acids is 2. The summed E-state index contributed by atoms with van der Waals surface area (Å²) < 4.78 is 0. The van der Waals surface area contributed by atoms with Crippen LogP contribution in [-0.4, -0.2) is 29.9 Å². The van der Waals surface area contributed by atoms with Crippen LogP contribution in [0, 0.1) is 13.8 Å². The van der Waals surface area contributed by atoms with Crippen molar-refractivity contribution in [3.8, 4) is 0 Å². The third-order valence-corrected chi connectivity index (χ3v) is 5.01. The van der Waals surface area contributed by atoms with Gasteiger partial charge in [-0.2, -0.15) is 0 Å². The van der Waals surface area contributed by atoms with Gasteiger partial charge in [-0.25, -0.2) is 0 Å². The molecule has 1 aliphatic heterocycles. The Balaban J connectivity index is 1.58. The van der Waals surface area contributed by atoms with Crippen LogP contribution in [0.5, 0.6) is 0 Å². The van der Waals surface area contributed by atoms with Crippen molar-refractivity contribution in [2.45, 2.75) is 64.1 Å². The van der Waals surface area contributed by atoms with Gasteiger partial charge in [0, 0.05) is 17.8 Å². The highest BCUT2D eigenvalue weighted by atomic mass is 16.2. The Hall–Kier alpha value is -1.88. The Morgan fingerprint density at radius 2 is 1.91 bits per heavy atom. The first kappa shape index (κ1) is 16.0. The molecule has 1 aliphatic carbocycles. The molecule has 2 amide bonds. The number of carbonyl (C=O) groups is 2. The summed E-state index contributed by atoms with van der Waals surface area (Å²) in [6.07, 6.45) is 4.62. The van der Waals surface area contributed by atoms with Crippen LogP contribution in [-0.2, 0) is 9.59 Å². The van der Waals surface area contributed by atoms with Gasteiger partial charge in [-0.05, 0) is 49.9 Å². The van der Waals surface area contributed by atoms with Gasteiger partial charge in [-0.15, -0.1) is 0 Å². The number of amides is 2. The standard InChI is InChI=1S/C18H25N3O2/c1-11-7-8-13(9-12(11)2)19-17(22)10-16-18(23)21-15-6-4-3-5-14(15)20-16/h7-9,14-16,20H,3-6,10H2,1-2H3,(H,19,22)(H,21,23)/t14-,15+,16-/m1/s1. The van der Waals surface area contributed by atoms with Crippen molar-refractivity contribution >= 4 is 17.5 Å². The summed E-state index contributed by atoms with van der Waals surface area (Å²) in [5, 5.41) is 9.33. The summed E-state index contributed by atoms with van der Waals surface area (Å²) in [6, 6.07) is 5.95. The molecule has 2 fully saturated rings. The van der Waals surface area contributed by atoms with Crippen molar-refractivity contribution in [1.82, 2.24) is 10.6 Å². The van der Waals surface area contributed by atoms with Gasteiger partial charge in [0.2, 0.25) is 11.8 Å². The van der Waals surface area contributed by atoms with Gasteiger partial charge in [0.25, 0.3) is 0 Å². The lowest BCUT2D eigenvalue weighted by molar-refractivity contribution is -0.129. The molecule has 0 bridgehead atoms. The zero-order valence-corrected chi connectivity index (χ0v) is 13.8. The monoisotopic (exact) mass is 315 g/mol. The molecular weight excluding hydrogens is 290 g/mol. The number of piperazine rings is 1. The van der Waals surface area contributed by atoms with E-state index in [1.165, 1.54) is 18.4 Å². The fourth-order valence-electron chi connectivity index (χ4n) is 3.49. The van der Waals surface area contributed by atoms with Crippen LogP contribution in [0.4, 0.5) is 5.69 Å². The van der Waals surface area contributed by atoms with Crippen LogP contribution in [0.1, 0.15) is 43.2 Å². The number of anilines is 1. The Bertz CT molecular complexity index is 614. The average molecular weight is 315 g/mol. The second-order valence-electron chi connectivity index (χ2n) is 6.78. The predicted octanol–water partition coefficient (Wildman–Crippen LogP) is 2.03. The maximum atomic E-state index is 12.3. The smallest absolute Gasteiger partial charge is 0.237 e. The predicted molar refractivity (Wildman–Crippen MR) is 90.3 cm³/mol. The van der Waals surface area contributed by atoms with Crippen LogP contribution < -0.4 is 16.0 Å². The summed E-state index contributed by atoms with van der Waals surface area (Å²) in [6.45, 7) is 4.06. The molecule has 0 aromatic heterocycles. The molecule has 5 nitrogen and oxygen atoms in total. The van der Waals surface area contributed by atoms with Crippen LogP contribution in [0.3, 0.4) is 0 Å². The van der Waals surface area contributed by atoms with Crippen molar-refractivity contribution in [3.63, 3.8) is 0 Å². The second-order valence-corrected chi connectivity index (χ2v) is 6.78. The minimum atomic E-state index is -0.430. The van der Waals surface area contributed by atoms with Gasteiger partial charge in [0.15, 0.2) is 0 Å². The first-order chi connectivity index (χ1) is 11.0. The molecule has 3 atom stereocenters. The molecule has 2 aliphatic rings. The first-order valence-corrected chi connectivity index (χ1v) is 8.46. The average Bonchev–Trinajstić information content (AvgIpc) is 2.51. The number of aryl methyl sites for hydroxylation is 2. The number of hydrogen-bond acceptors (Lipinski definition) is 3. The van der Waals surface area contributed by atoms with Gasteiger partial charge in [0.1, 0.15) is 0 Å². The van der Waals surface area contributed by atoms with Gasteiger partial charge < -0.3 is 16.0 Å². The van der Waals surface area contributed by atoms with E-state index in [9.17, 15) is 9.59 Å². The fourth-order valence-corrected chi connectivity index (χ4v) is 3.49. The molecule has 5 heteroatoms. The highest BCUT2D eigenvalue weighted by Crippen LogP contribution is 2.22. The van der Waals surface area contributed by atoms with Gasteiger partial charge in [-0.1, -0.05) is 18.9 Å². The van der Waals surface area contributed by atoms with E-state index >= 15 is 0 Å². The molecule has 1 aromatic rings. The van der Waals surface area contributed by atoms with E-state index in [1.54, 1.807) is 0 Å². The topological polar surface area (TPSA) is 70.2 Å². The third-order valence-electron chi connectivity index (χ3n) is 5.01. The Labute approximate surface area is 137 Å². The molecule has 1 saturated heterocycles. The molecule has 0 radical (unpaired) electrons. The first-order valence-electron chi connectivity index (χ1n) is 8.46. The molecular formula is C18H25N3O2. The highest BCUT2D eigenvalue weighted by Gasteiger charge is 2.36. The number of fused-ring (bicyclic) bond motifs is 1. The van der Waals surface area contributed by atoms with Gasteiger partial charge in [0.05, 0.1) is 12.5 Å². The summed E-state index contributed by atoms with van der Waals surface area (Å²) in [4.78, 5) is 24.4. The maximum absolute atomic E-state index is 12.3. The molecule has 3 rings (SSSR count). The fraction of sp³-hybridized carbons (Fsp3) is 0.556. The van der Waals surface area contributed by atoms with Gasteiger partial charge in [-0.3, -0.25) is 9.59 Å². The zero-order chi connectivity index (χ0) is 16.4. The van der Waals surface area contributed by atoms with Crippen molar-refractivity contribution in [1.29, 1.82) is 0 Å². The molecule has 0 unspecified atom stereocenters. The summed E-state index contributed by atoms with van der Waals surface area (Å²) in [7, 11) is 0. The molecule has 1 saturated carbocycles. The minimum Gasteiger partial charge on any atom is -0.350 e. The highest BCUT2D eigenvalue weighted by molar-refractivity contribution is 5.95. The second kappa shape index (κ2) is 6.71. The number of benzene rings is 1. The van der Waals surface area contributed by atoms with Crippen LogP contribution in [0.25, 0.3) is 0 Å². The number of nitrogens with one attached hydrogen (secondary N) is 3. The number of hydrogen-bond donors (Lipinski definition) is 3. The third kappa shape index (κ3) is 3.72. The Morgan fingerprint density at radius 3 is 2.65 bits per heavy atom. The van der Waals surface area contributed by atoms with Crippen molar-refractivity contribution in [3.05, 3.63) is 29.3 Å². The lowest BCUT2D eigenvalue weighted by Crippen LogP contribution is -2.65. The van der Waals surface area contributed by atoms with Crippen LogP contribution in [0.2, 0.25) is 0 Å². The minimum absolute atomic E-state index is 0.0524. The Morgan fingerprint density at radius 1 is 1.17 bits per heavy atom. The van der Waals surface area contributed by atoms with E-state index in [1.807, 2.05) is 32.0 Å². The Kier molecular flexibility index (Phi) is 4.66.